The molecule has 0 radical (unpaired) electrons. The first-order chi connectivity index (χ1) is 12.1. The molecule has 126 valence electrons. The van der Waals surface area contributed by atoms with Crippen molar-refractivity contribution in [3.63, 3.8) is 0 Å². The van der Waals surface area contributed by atoms with Gasteiger partial charge in [0.1, 0.15) is 0 Å². The molecule has 0 aliphatic rings. The highest BCUT2D eigenvalue weighted by molar-refractivity contribution is 6.06. The van der Waals surface area contributed by atoms with Crippen LogP contribution in [0, 0.1) is 13.8 Å². The summed E-state index contributed by atoms with van der Waals surface area (Å²) in [5.41, 5.74) is 4.47. The molecule has 1 amide bonds. The normalized spacial score (nSPS) is 10.5. The number of hydrogen-bond acceptors (Lipinski definition) is 2. The van der Waals surface area contributed by atoms with Crippen molar-refractivity contribution >= 4 is 11.6 Å². The summed E-state index contributed by atoms with van der Waals surface area (Å²) in [7, 11) is 0. The summed E-state index contributed by atoms with van der Waals surface area (Å²) in [4.78, 5) is 19.5. The quantitative estimate of drug-likeness (QED) is 0.685. The minimum absolute atomic E-state index is 0.00729. The number of rotatable bonds is 5. The molecule has 0 saturated carbocycles. The number of aryl methyl sites for hydroxylation is 2. The van der Waals surface area contributed by atoms with E-state index in [2.05, 4.69) is 17.1 Å². The molecule has 0 aliphatic heterocycles. The minimum atomic E-state index is -0.00729. The molecule has 0 unspecified atom stereocenters. The van der Waals surface area contributed by atoms with Crippen molar-refractivity contribution in [2.45, 2.75) is 20.3 Å². The molecule has 3 aromatic rings. The Morgan fingerprint density at radius 3 is 2.16 bits per heavy atom. The zero-order chi connectivity index (χ0) is 17.6. The van der Waals surface area contributed by atoms with Gasteiger partial charge in [0.25, 0.3) is 5.91 Å². The van der Waals surface area contributed by atoms with Crippen molar-refractivity contribution < 1.29 is 4.79 Å². The molecular weight excluding hydrogens is 308 g/mol. The topological polar surface area (TPSA) is 33.2 Å². The van der Waals surface area contributed by atoms with Gasteiger partial charge in [0.05, 0.1) is 11.3 Å². The number of benzene rings is 2. The highest BCUT2D eigenvalue weighted by Crippen LogP contribution is 2.19. The van der Waals surface area contributed by atoms with E-state index in [1.807, 2.05) is 79.4 Å². The lowest BCUT2D eigenvalue weighted by atomic mass is 10.1. The molecule has 25 heavy (non-hydrogen) atoms. The van der Waals surface area contributed by atoms with E-state index < -0.39 is 0 Å². The van der Waals surface area contributed by atoms with Crippen molar-refractivity contribution in [3.8, 4) is 0 Å². The van der Waals surface area contributed by atoms with Gasteiger partial charge in [-0.3, -0.25) is 9.78 Å². The van der Waals surface area contributed by atoms with Gasteiger partial charge in [-0.1, -0.05) is 48.5 Å². The van der Waals surface area contributed by atoms with Crippen LogP contribution in [0.3, 0.4) is 0 Å². The molecule has 0 spiro atoms. The number of para-hydroxylation sites is 1. The summed E-state index contributed by atoms with van der Waals surface area (Å²) in [6.07, 6.45) is 0.805. The van der Waals surface area contributed by atoms with E-state index in [1.54, 1.807) is 0 Å². The molecule has 3 heteroatoms. The van der Waals surface area contributed by atoms with Gasteiger partial charge < -0.3 is 4.90 Å². The number of nitrogens with zero attached hydrogens (tertiary/aromatic N) is 2. The van der Waals surface area contributed by atoms with Crippen LogP contribution in [0.1, 0.15) is 27.3 Å². The van der Waals surface area contributed by atoms with Gasteiger partial charge in [0, 0.05) is 17.9 Å². The molecule has 0 fully saturated rings. The first-order valence-corrected chi connectivity index (χ1v) is 8.50. The molecule has 0 atom stereocenters. The number of pyridine rings is 1. The van der Waals surface area contributed by atoms with Crippen molar-refractivity contribution in [1.82, 2.24) is 4.98 Å². The van der Waals surface area contributed by atoms with E-state index in [0.717, 1.165) is 23.5 Å². The average Bonchev–Trinajstić information content (AvgIpc) is 2.63. The third-order valence-corrected chi connectivity index (χ3v) is 4.24. The Bertz CT molecular complexity index is 844. The standard InChI is InChI=1S/C22H22N2O/c1-17-13-14-21(18(2)23-17)22(25)24(20-11-7-4-8-12-20)16-15-19-9-5-3-6-10-19/h3-14H,15-16H2,1-2H3. The highest BCUT2D eigenvalue weighted by atomic mass is 16.2. The fourth-order valence-corrected chi connectivity index (χ4v) is 2.90. The highest BCUT2D eigenvalue weighted by Gasteiger charge is 2.19. The smallest absolute Gasteiger partial charge is 0.260 e. The summed E-state index contributed by atoms with van der Waals surface area (Å²) >= 11 is 0. The first kappa shape index (κ1) is 16.9. The zero-order valence-corrected chi connectivity index (χ0v) is 14.6. The molecule has 0 saturated heterocycles. The molecule has 1 aromatic heterocycles. The lowest BCUT2D eigenvalue weighted by molar-refractivity contribution is 0.0986. The van der Waals surface area contributed by atoms with Gasteiger partial charge in [-0.05, 0) is 50.1 Å². The van der Waals surface area contributed by atoms with Crippen LogP contribution in [0.5, 0.6) is 0 Å². The predicted octanol–water partition coefficient (Wildman–Crippen LogP) is 4.59. The second-order valence-electron chi connectivity index (χ2n) is 6.11. The van der Waals surface area contributed by atoms with Crippen molar-refractivity contribution in [1.29, 1.82) is 0 Å². The Balaban J connectivity index is 1.89. The average molecular weight is 330 g/mol. The van der Waals surface area contributed by atoms with E-state index >= 15 is 0 Å². The maximum Gasteiger partial charge on any atom is 0.260 e. The van der Waals surface area contributed by atoms with Crippen LogP contribution >= 0.6 is 0 Å². The monoisotopic (exact) mass is 330 g/mol. The van der Waals surface area contributed by atoms with Crippen LogP contribution in [0.25, 0.3) is 0 Å². The van der Waals surface area contributed by atoms with Crippen LogP contribution < -0.4 is 4.90 Å². The molecule has 3 nitrogen and oxygen atoms in total. The fraction of sp³-hybridized carbons (Fsp3) is 0.182. The van der Waals surface area contributed by atoms with Crippen LogP contribution in [-0.4, -0.2) is 17.4 Å². The van der Waals surface area contributed by atoms with Gasteiger partial charge >= 0.3 is 0 Å². The lowest BCUT2D eigenvalue weighted by Gasteiger charge is -2.24. The summed E-state index contributed by atoms with van der Waals surface area (Å²) in [5, 5.41) is 0. The van der Waals surface area contributed by atoms with Crippen LogP contribution in [-0.2, 0) is 6.42 Å². The summed E-state index contributed by atoms with van der Waals surface area (Å²) in [5.74, 6) is -0.00729. The van der Waals surface area contributed by atoms with Gasteiger partial charge in [-0.25, -0.2) is 0 Å². The van der Waals surface area contributed by atoms with Gasteiger partial charge in [0.15, 0.2) is 0 Å². The maximum atomic E-state index is 13.2. The zero-order valence-electron chi connectivity index (χ0n) is 14.6. The SMILES string of the molecule is Cc1ccc(C(=O)N(CCc2ccccc2)c2ccccc2)c(C)n1. The van der Waals surface area contributed by atoms with E-state index in [0.29, 0.717) is 12.1 Å². The van der Waals surface area contributed by atoms with Gasteiger partial charge in [-0.2, -0.15) is 0 Å². The van der Waals surface area contributed by atoms with Crippen molar-refractivity contribution in [3.05, 3.63) is 95.3 Å². The van der Waals surface area contributed by atoms with Gasteiger partial charge in [0.2, 0.25) is 0 Å². The molecule has 2 aromatic carbocycles. The molecule has 1 heterocycles. The summed E-state index contributed by atoms with van der Waals surface area (Å²) < 4.78 is 0. The van der Waals surface area contributed by atoms with Crippen molar-refractivity contribution in [2.24, 2.45) is 0 Å². The molecule has 0 bridgehead atoms. The Labute approximate surface area is 149 Å². The molecule has 0 N–H and O–H groups in total. The Kier molecular flexibility index (Phi) is 5.24. The number of anilines is 1. The van der Waals surface area contributed by atoms with E-state index in [9.17, 15) is 4.79 Å². The van der Waals surface area contributed by atoms with E-state index in [-0.39, 0.29) is 5.91 Å². The number of amides is 1. The summed E-state index contributed by atoms with van der Waals surface area (Å²) in [6.45, 7) is 4.45. The fourth-order valence-electron chi connectivity index (χ4n) is 2.90. The number of hydrogen-bond donors (Lipinski definition) is 0. The largest absolute Gasteiger partial charge is 0.308 e. The van der Waals surface area contributed by atoms with Crippen molar-refractivity contribution in [2.75, 3.05) is 11.4 Å². The number of carbonyl (C=O) groups is 1. The summed E-state index contributed by atoms with van der Waals surface area (Å²) in [6, 6.07) is 23.8. The third kappa shape index (κ3) is 4.13. The first-order valence-electron chi connectivity index (χ1n) is 8.50. The van der Waals surface area contributed by atoms with Crippen LogP contribution in [0.2, 0.25) is 0 Å². The predicted molar refractivity (Wildman–Crippen MR) is 102 cm³/mol. The van der Waals surface area contributed by atoms with Crippen LogP contribution in [0.4, 0.5) is 5.69 Å². The second kappa shape index (κ2) is 7.75. The lowest BCUT2D eigenvalue weighted by Crippen LogP contribution is -2.33. The number of carbonyl (C=O) groups excluding carboxylic acids is 1. The molecule has 3 rings (SSSR count). The Morgan fingerprint density at radius 2 is 1.52 bits per heavy atom. The third-order valence-electron chi connectivity index (χ3n) is 4.24. The van der Waals surface area contributed by atoms with Gasteiger partial charge in [-0.15, -0.1) is 0 Å². The Morgan fingerprint density at radius 1 is 0.880 bits per heavy atom. The molecule has 0 aliphatic carbocycles. The van der Waals surface area contributed by atoms with Crippen LogP contribution in [0.15, 0.2) is 72.8 Å². The Hall–Kier alpha value is -2.94. The maximum absolute atomic E-state index is 13.2. The van der Waals surface area contributed by atoms with E-state index in [4.69, 9.17) is 0 Å². The minimum Gasteiger partial charge on any atom is -0.308 e. The second-order valence-corrected chi connectivity index (χ2v) is 6.11. The molecular formula is C22H22N2O. The van der Waals surface area contributed by atoms with E-state index in [1.165, 1.54) is 5.56 Å². The number of aromatic nitrogens is 1.